The monoisotopic (exact) mass is 209 g/mol. The molecule has 0 aromatic rings. The predicted octanol–water partition coefficient (Wildman–Crippen LogP) is 1.74. The molecule has 0 amide bonds. The Bertz CT molecular complexity index is 225. The molecule has 86 valence electrons. The summed E-state index contributed by atoms with van der Waals surface area (Å²) in [6.07, 6.45) is 5.58. The molecule has 1 saturated heterocycles. The summed E-state index contributed by atoms with van der Waals surface area (Å²) in [7, 11) is 0. The Hall–Kier alpha value is -0.0800. The first-order chi connectivity index (χ1) is 7.28. The number of hydrogen-bond donors (Lipinski definition) is 1. The zero-order valence-electron chi connectivity index (χ0n) is 9.73. The van der Waals surface area contributed by atoms with Crippen molar-refractivity contribution in [2.75, 3.05) is 19.7 Å². The Morgan fingerprint density at radius 2 is 1.80 bits per heavy atom. The number of likely N-dealkylation sites (tertiary alicyclic amines) is 1. The van der Waals surface area contributed by atoms with Crippen LogP contribution in [0.15, 0.2) is 0 Å². The molecule has 0 radical (unpaired) electrons. The van der Waals surface area contributed by atoms with Gasteiger partial charge >= 0.3 is 0 Å². The van der Waals surface area contributed by atoms with Crippen molar-refractivity contribution >= 4 is 0 Å². The minimum absolute atomic E-state index is 0.389. The maximum atomic E-state index is 9.47. The highest BCUT2D eigenvalue weighted by molar-refractivity contribution is 4.97. The first-order valence-electron chi connectivity index (χ1n) is 6.63. The minimum Gasteiger partial charge on any atom is -0.395 e. The maximum Gasteiger partial charge on any atom is 0.0589 e. The highest BCUT2D eigenvalue weighted by Gasteiger charge is 2.44. The minimum atomic E-state index is 0.389. The average Bonchev–Trinajstić information content (AvgIpc) is 2.84. The zero-order chi connectivity index (χ0) is 10.4. The molecule has 3 rings (SSSR count). The molecule has 2 aliphatic carbocycles. The van der Waals surface area contributed by atoms with Crippen LogP contribution >= 0.6 is 0 Å². The largest absolute Gasteiger partial charge is 0.395 e. The van der Waals surface area contributed by atoms with Gasteiger partial charge in [-0.2, -0.15) is 0 Å². The van der Waals surface area contributed by atoms with Crippen molar-refractivity contribution in [3.8, 4) is 0 Å². The van der Waals surface area contributed by atoms with Gasteiger partial charge in [0.2, 0.25) is 0 Å². The first kappa shape index (κ1) is 10.1. The van der Waals surface area contributed by atoms with E-state index >= 15 is 0 Å². The smallest absolute Gasteiger partial charge is 0.0589 e. The molecule has 2 saturated carbocycles. The van der Waals surface area contributed by atoms with Gasteiger partial charge < -0.3 is 5.11 Å². The van der Waals surface area contributed by atoms with Gasteiger partial charge in [0.05, 0.1) is 6.61 Å². The van der Waals surface area contributed by atoms with Gasteiger partial charge in [0.1, 0.15) is 0 Å². The lowest BCUT2D eigenvalue weighted by Gasteiger charge is -2.27. The van der Waals surface area contributed by atoms with Gasteiger partial charge in [-0.25, -0.2) is 0 Å². The molecule has 0 aromatic heterocycles. The van der Waals surface area contributed by atoms with E-state index in [1.165, 1.54) is 38.8 Å². The lowest BCUT2D eigenvalue weighted by Crippen LogP contribution is -2.38. The Morgan fingerprint density at radius 3 is 2.27 bits per heavy atom. The fraction of sp³-hybridized carbons (Fsp3) is 1.00. The predicted molar refractivity (Wildman–Crippen MR) is 60.5 cm³/mol. The molecule has 3 aliphatic rings. The van der Waals surface area contributed by atoms with Crippen molar-refractivity contribution < 1.29 is 5.11 Å². The molecule has 0 aromatic carbocycles. The molecular weight excluding hydrogens is 186 g/mol. The van der Waals surface area contributed by atoms with Gasteiger partial charge in [-0.15, -0.1) is 0 Å². The summed E-state index contributed by atoms with van der Waals surface area (Å²) < 4.78 is 0. The molecule has 1 N–H and O–H groups in total. The van der Waals surface area contributed by atoms with Crippen molar-refractivity contribution in [1.29, 1.82) is 0 Å². The van der Waals surface area contributed by atoms with E-state index in [-0.39, 0.29) is 0 Å². The molecule has 1 aliphatic heterocycles. The van der Waals surface area contributed by atoms with Crippen molar-refractivity contribution in [2.24, 2.45) is 23.7 Å². The van der Waals surface area contributed by atoms with E-state index in [0.29, 0.717) is 12.6 Å². The summed E-state index contributed by atoms with van der Waals surface area (Å²) in [5, 5.41) is 9.47. The summed E-state index contributed by atoms with van der Waals surface area (Å²) in [6.45, 7) is 5.33. The SMILES string of the molecule is CC1C[C@@H]2CN([C@H](CO)C3CC3)C[C@@H]2C1. The Kier molecular flexibility index (Phi) is 2.52. The van der Waals surface area contributed by atoms with Crippen molar-refractivity contribution in [3.05, 3.63) is 0 Å². The summed E-state index contributed by atoms with van der Waals surface area (Å²) in [4.78, 5) is 2.60. The second-order valence-corrected chi connectivity index (χ2v) is 6.14. The fourth-order valence-electron chi connectivity index (χ4n) is 3.95. The molecule has 2 nitrogen and oxygen atoms in total. The van der Waals surface area contributed by atoms with E-state index in [4.69, 9.17) is 0 Å². The van der Waals surface area contributed by atoms with Crippen molar-refractivity contribution in [3.63, 3.8) is 0 Å². The molecule has 0 bridgehead atoms. The molecule has 0 spiro atoms. The normalized spacial score (nSPS) is 43.2. The topological polar surface area (TPSA) is 23.5 Å². The molecule has 2 heteroatoms. The number of fused-ring (bicyclic) bond motifs is 1. The first-order valence-corrected chi connectivity index (χ1v) is 6.63. The second-order valence-electron chi connectivity index (χ2n) is 6.14. The summed E-state index contributed by atoms with van der Waals surface area (Å²) in [6, 6.07) is 0.505. The molecule has 4 atom stereocenters. The quantitative estimate of drug-likeness (QED) is 0.765. The van der Waals surface area contributed by atoms with Crippen molar-refractivity contribution in [1.82, 2.24) is 4.90 Å². The van der Waals surface area contributed by atoms with Gasteiger partial charge in [0.15, 0.2) is 0 Å². The van der Waals surface area contributed by atoms with Gasteiger partial charge in [0, 0.05) is 19.1 Å². The van der Waals surface area contributed by atoms with Gasteiger partial charge in [-0.1, -0.05) is 6.92 Å². The standard InChI is InChI=1S/C13H23NO/c1-9-4-11-6-14(7-12(11)5-9)13(8-15)10-2-3-10/h9-13,15H,2-8H2,1H3/t9?,11-,12+,13-/m1/s1. The lowest BCUT2D eigenvalue weighted by atomic mass is 10.0. The third kappa shape index (κ3) is 1.83. The van der Waals surface area contributed by atoms with Crippen LogP contribution < -0.4 is 0 Å². The molecular formula is C13H23NO. The Labute approximate surface area is 92.7 Å². The third-order valence-corrected chi connectivity index (χ3v) is 4.84. The Balaban J connectivity index is 1.61. The van der Waals surface area contributed by atoms with E-state index in [1.54, 1.807) is 0 Å². The lowest BCUT2D eigenvalue weighted by molar-refractivity contribution is 0.120. The molecule has 3 fully saturated rings. The number of aliphatic hydroxyl groups excluding tert-OH is 1. The average molecular weight is 209 g/mol. The highest BCUT2D eigenvalue weighted by Crippen LogP contribution is 2.44. The van der Waals surface area contributed by atoms with Crippen LogP contribution in [0.3, 0.4) is 0 Å². The number of hydrogen-bond acceptors (Lipinski definition) is 2. The summed E-state index contributed by atoms with van der Waals surface area (Å²) >= 11 is 0. The van der Waals surface area contributed by atoms with E-state index in [1.807, 2.05) is 0 Å². The van der Waals surface area contributed by atoms with Crippen molar-refractivity contribution in [2.45, 2.75) is 38.6 Å². The van der Waals surface area contributed by atoms with Gasteiger partial charge in [-0.3, -0.25) is 4.90 Å². The van der Waals surface area contributed by atoms with Crippen LogP contribution in [0.5, 0.6) is 0 Å². The third-order valence-electron chi connectivity index (χ3n) is 4.84. The van der Waals surface area contributed by atoms with Gasteiger partial charge in [0.25, 0.3) is 0 Å². The zero-order valence-corrected chi connectivity index (χ0v) is 9.73. The van der Waals surface area contributed by atoms with Crippen LogP contribution in [0.1, 0.15) is 32.6 Å². The second kappa shape index (κ2) is 3.74. The maximum absolute atomic E-state index is 9.47. The highest BCUT2D eigenvalue weighted by atomic mass is 16.3. The van der Waals surface area contributed by atoms with Crippen LogP contribution in [0, 0.1) is 23.7 Å². The Morgan fingerprint density at radius 1 is 1.20 bits per heavy atom. The van der Waals surface area contributed by atoms with Crippen LogP contribution in [0.4, 0.5) is 0 Å². The number of rotatable bonds is 3. The van der Waals surface area contributed by atoms with Crippen LogP contribution in [-0.2, 0) is 0 Å². The van der Waals surface area contributed by atoms with E-state index in [0.717, 1.165) is 23.7 Å². The van der Waals surface area contributed by atoms with E-state index in [2.05, 4.69) is 11.8 Å². The number of nitrogens with zero attached hydrogens (tertiary/aromatic N) is 1. The summed E-state index contributed by atoms with van der Waals surface area (Å²) in [5.74, 6) is 3.68. The van der Waals surface area contributed by atoms with Crippen LogP contribution in [-0.4, -0.2) is 35.7 Å². The van der Waals surface area contributed by atoms with Gasteiger partial charge in [-0.05, 0) is 49.4 Å². The molecule has 1 heterocycles. The molecule has 15 heavy (non-hydrogen) atoms. The number of aliphatic hydroxyl groups is 1. The fourth-order valence-corrected chi connectivity index (χ4v) is 3.95. The van der Waals surface area contributed by atoms with E-state index < -0.39 is 0 Å². The van der Waals surface area contributed by atoms with Crippen LogP contribution in [0.25, 0.3) is 0 Å². The molecule has 1 unspecified atom stereocenters. The van der Waals surface area contributed by atoms with Crippen LogP contribution in [0.2, 0.25) is 0 Å². The summed E-state index contributed by atoms with van der Waals surface area (Å²) in [5.41, 5.74) is 0. The van der Waals surface area contributed by atoms with E-state index in [9.17, 15) is 5.11 Å².